The Kier molecular flexibility index (Phi) is 13.7. The van der Waals surface area contributed by atoms with E-state index in [4.69, 9.17) is 9.47 Å². The van der Waals surface area contributed by atoms with E-state index in [0.29, 0.717) is 6.42 Å². The van der Waals surface area contributed by atoms with Gasteiger partial charge in [0.05, 0.1) is 6.61 Å². The fraction of sp³-hybridized carbons (Fsp3) is 0.472. The maximum Gasteiger partial charge on any atom is 0.306 e. The third-order valence-electron chi connectivity index (χ3n) is 7.34. The number of ether oxygens (including phenoxy) is 2. The van der Waals surface area contributed by atoms with Crippen molar-refractivity contribution in [2.45, 2.75) is 104 Å². The van der Waals surface area contributed by atoms with Gasteiger partial charge in [-0.05, 0) is 59.7 Å². The van der Waals surface area contributed by atoms with Crippen molar-refractivity contribution in [2.24, 2.45) is 0 Å². The molecule has 0 amide bonds. The fourth-order valence-electron chi connectivity index (χ4n) is 4.90. The van der Waals surface area contributed by atoms with E-state index in [1.165, 1.54) is 68.1 Å². The SMILES string of the molecule is CCCCCCCCCCCOc1ccc(-c2ccccc2-c2ccc(C(C)OC(=O)CCCC)cc2)cc1. The summed E-state index contributed by atoms with van der Waals surface area (Å²) in [6.07, 6.45) is 14.0. The Morgan fingerprint density at radius 2 is 1.15 bits per heavy atom. The molecule has 0 aromatic heterocycles. The van der Waals surface area contributed by atoms with Gasteiger partial charge < -0.3 is 9.47 Å². The molecule has 0 N–H and O–H groups in total. The first-order valence-electron chi connectivity index (χ1n) is 15.2. The number of esters is 1. The lowest BCUT2D eigenvalue weighted by atomic mass is 9.94. The van der Waals surface area contributed by atoms with Crippen LogP contribution in [0.1, 0.15) is 109 Å². The lowest BCUT2D eigenvalue weighted by molar-refractivity contribution is -0.148. The summed E-state index contributed by atoms with van der Waals surface area (Å²) in [5.74, 6) is 0.807. The summed E-state index contributed by atoms with van der Waals surface area (Å²) >= 11 is 0. The zero-order chi connectivity index (χ0) is 27.7. The normalized spacial score (nSPS) is 11.8. The predicted molar refractivity (Wildman–Crippen MR) is 164 cm³/mol. The van der Waals surface area contributed by atoms with Crippen LogP contribution in [0.15, 0.2) is 72.8 Å². The van der Waals surface area contributed by atoms with E-state index in [0.717, 1.165) is 42.7 Å². The minimum atomic E-state index is -0.248. The van der Waals surface area contributed by atoms with Crippen LogP contribution in [-0.2, 0) is 9.53 Å². The third kappa shape index (κ3) is 10.5. The minimum Gasteiger partial charge on any atom is -0.494 e. The van der Waals surface area contributed by atoms with Crippen LogP contribution in [0, 0.1) is 0 Å². The van der Waals surface area contributed by atoms with Crippen molar-refractivity contribution < 1.29 is 14.3 Å². The van der Waals surface area contributed by atoms with Crippen molar-refractivity contribution in [3.05, 3.63) is 78.4 Å². The first kappa shape index (κ1) is 30.5. The maximum absolute atomic E-state index is 12.0. The number of hydrogen-bond donors (Lipinski definition) is 0. The molecule has 0 fully saturated rings. The highest BCUT2D eigenvalue weighted by Crippen LogP contribution is 2.33. The fourth-order valence-corrected chi connectivity index (χ4v) is 4.90. The molecule has 0 aliphatic carbocycles. The average Bonchev–Trinajstić information content (AvgIpc) is 2.97. The Hall–Kier alpha value is -3.07. The zero-order valence-corrected chi connectivity index (χ0v) is 24.4. The van der Waals surface area contributed by atoms with E-state index in [9.17, 15) is 4.79 Å². The van der Waals surface area contributed by atoms with Gasteiger partial charge in [-0.1, -0.05) is 132 Å². The molecule has 1 atom stereocenters. The second-order valence-corrected chi connectivity index (χ2v) is 10.6. The molecule has 0 aliphatic rings. The first-order chi connectivity index (χ1) is 19.1. The Bertz CT molecular complexity index is 1090. The number of hydrogen-bond acceptors (Lipinski definition) is 3. The van der Waals surface area contributed by atoms with E-state index in [1.54, 1.807) is 0 Å². The van der Waals surface area contributed by atoms with Crippen molar-refractivity contribution in [2.75, 3.05) is 6.61 Å². The lowest BCUT2D eigenvalue weighted by Gasteiger charge is -2.15. The largest absolute Gasteiger partial charge is 0.494 e. The van der Waals surface area contributed by atoms with Gasteiger partial charge in [-0.2, -0.15) is 0 Å². The van der Waals surface area contributed by atoms with Crippen LogP contribution in [0.5, 0.6) is 5.75 Å². The minimum absolute atomic E-state index is 0.126. The molecule has 210 valence electrons. The van der Waals surface area contributed by atoms with Gasteiger partial charge in [-0.15, -0.1) is 0 Å². The van der Waals surface area contributed by atoms with Crippen LogP contribution < -0.4 is 4.74 Å². The first-order valence-corrected chi connectivity index (χ1v) is 15.2. The van der Waals surface area contributed by atoms with Crippen molar-refractivity contribution in [3.63, 3.8) is 0 Å². The molecular formula is C36H48O3. The van der Waals surface area contributed by atoms with Crippen LogP contribution in [-0.4, -0.2) is 12.6 Å². The topological polar surface area (TPSA) is 35.5 Å². The number of unbranched alkanes of at least 4 members (excludes halogenated alkanes) is 9. The molecule has 0 aliphatic heterocycles. The highest BCUT2D eigenvalue weighted by atomic mass is 16.5. The number of benzene rings is 3. The highest BCUT2D eigenvalue weighted by Gasteiger charge is 2.13. The summed E-state index contributed by atoms with van der Waals surface area (Å²) in [5, 5.41) is 0. The molecule has 3 aromatic rings. The van der Waals surface area contributed by atoms with Crippen LogP contribution in [0.25, 0.3) is 22.3 Å². The van der Waals surface area contributed by atoms with Crippen molar-refractivity contribution in [1.82, 2.24) is 0 Å². The highest BCUT2D eigenvalue weighted by molar-refractivity contribution is 5.83. The molecule has 39 heavy (non-hydrogen) atoms. The molecule has 0 heterocycles. The van der Waals surface area contributed by atoms with E-state index >= 15 is 0 Å². The molecule has 3 rings (SSSR count). The standard InChI is InChI=1S/C36H48O3/c1-4-6-8-9-10-11-12-13-16-28-38-33-26-24-32(25-27-33)35-18-15-14-17-34(35)31-22-20-30(21-23-31)29(3)39-36(37)19-7-5-2/h14-15,17-18,20-27,29H,4-13,16,19,28H2,1-3H3. The summed E-state index contributed by atoms with van der Waals surface area (Å²) < 4.78 is 11.6. The lowest BCUT2D eigenvalue weighted by Crippen LogP contribution is -2.08. The number of rotatable bonds is 18. The number of carbonyl (C=O) groups is 1. The van der Waals surface area contributed by atoms with Gasteiger partial charge in [0, 0.05) is 6.42 Å². The predicted octanol–water partition coefficient (Wildman–Crippen LogP) is 10.7. The molecule has 0 saturated carbocycles. The van der Waals surface area contributed by atoms with E-state index in [1.807, 2.05) is 6.92 Å². The van der Waals surface area contributed by atoms with E-state index in [-0.39, 0.29) is 12.1 Å². The molecule has 0 bridgehead atoms. The van der Waals surface area contributed by atoms with Gasteiger partial charge in [-0.3, -0.25) is 4.79 Å². The Morgan fingerprint density at radius 3 is 1.72 bits per heavy atom. The van der Waals surface area contributed by atoms with Gasteiger partial charge in [0.1, 0.15) is 11.9 Å². The molecule has 0 radical (unpaired) electrons. The van der Waals surface area contributed by atoms with E-state index in [2.05, 4.69) is 86.6 Å². The molecular weight excluding hydrogens is 480 g/mol. The second kappa shape index (κ2) is 17.5. The maximum atomic E-state index is 12.0. The monoisotopic (exact) mass is 528 g/mol. The summed E-state index contributed by atoms with van der Waals surface area (Å²) in [6.45, 7) is 7.07. The van der Waals surface area contributed by atoms with E-state index < -0.39 is 0 Å². The quantitative estimate of drug-likeness (QED) is 0.122. The van der Waals surface area contributed by atoms with Crippen molar-refractivity contribution in [3.8, 4) is 28.0 Å². The molecule has 1 unspecified atom stereocenters. The molecule has 3 heteroatoms. The molecule has 3 aromatic carbocycles. The third-order valence-corrected chi connectivity index (χ3v) is 7.34. The smallest absolute Gasteiger partial charge is 0.306 e. The van der Waals surface area contributed by atoms with Gasteiger partial charge in [0.2, 0.25) is 0 Å². The van der Waals surface area contributed by atoms with Crippen LogP contribution in [0.2, 0.25) is 0 Å². The molecule has 3 nitrogen and oxygen atoms in total. The Labute approximate surface area is 237 Å². The number of carbonyl (C=O) groups excluding carboxylic acids is 1. The van der Waals surface area contributed by atoms with Gasteiger partial charge in [0.25, 0.3) is 0 Å². The van der Waals surface area contributed by atoms with Crippen LogP contribution in [0.3, 0.4) is 0 Å². The summed E-state index contributed by atoms with van der Waals surface area (Å²) in [4.78, 5) is 12.0. The van der Waals surface area contributed by atoms with Crippen molar-refractivity contribution >= 4 is 5.97 Å². The molecule has 0 saturated heterocycles. The van der Waals surface area contributed by atoms with Crippen molar-refractivity contribution in [1.29, 1.82) is 0 Å². The van der Waals surface area contributed by atoms with Crippen LogP contribution >= 0.6 is 0 Å². The van der Waals surface area contributed by atoms with Gasteiger partial charge >= 0.3 is 5.97 Å². The van der Waals surface area contributed by atoms with Crippen LogP contribution in [0.4, 0.5) is 0 Å². The Balaban J connectivity index is 1.51. The summed E-state index contributed by atoms with van der Waals surface area (Å²) in [7, 11) is 0. The summed E-state index contributed by atoms with van der Waals surface area (Å²) in [5.41, 5.74) is 5.69. The average molecular weight is 529 g/mol. The Morgan fingerprint density at radius 1 is 0.641 bits per heavy atom. The second-order valence-electron chi connectivity index (χ2n) is 10.6. The summed E-state index contributed by atoms with van der Waals surface area (Å²) in [6, 6.07) is 25.3. The zero-order valence-electron chi connectivity index (χ0n) is 24.4. The molecule has 0 spiro atoms. The van der Waals surface area contributed by atoms with Gasteiger partial charge in [0.15, 0.2) is 0 Å². The van der Waals surface area contributed by atoms with Gasteiger partial charge in [-0.25, -0.2) is 0 Å².